The molecule has 0 aliphatic carbocycles. The number of nitrogens with zero attached hydrogens (tertiary/aromatic N) is 3. The quantitative estimate of drug-likeness (QED) is 0.576. The second-order valence-electron chi connectivity index (χ2n) is 8.02. The first kappa shape index (κ1) is 22.3. The van der Waals surface area contributed by atoms with Gasteiger partial charge in [0.25, 0.3) is 0 Å². The van der Waals surface area contributed by atoms with Crippen molar-refractivity contribution in [3.8, 4) is 17.0 Å². The Bertz CT molecular complexity index is 1070. The molecule has 0 unspecified atom stereocenters. The molecule has 0 spiro atoms. The molecule has 0 radical (unpaired) electrons. The van der Waals surface area contributed by atoms with Gasteiger partial charge in [0.05, 0.1) is 19.3 Å². The first-order valence-electron chi connectivity index (χ1n) is 11.0. The van der Waals surface area contributed by atoms with E-state index < -0.39 is 0 Å². The molecule has 6 nitrogen and oxygen atoms in total. The minimum absolute atomic E-state index is 0.0528. The third-order valence-corrected chi connectivity index (χ3v) is 6.77. The van der Waals surface area contributed by atoms with Crippen molar-refractivity contribution < 1.29 is 9.53 Å². The van der Waals surface area contributed by atoms with Crippen LogP contribution in [0.5, 0.6) is 5.75 Å². The average molecular weight is 451 g/mol. The molecule has 1 aliphatic rings. The highest BCUT2D eigenvalue weighted by molar-refractivity contribution is 7.14. The van der Waals surface area contributed by atoms with Crippen molar-refractivity contribution in [3.63, 3.8) is 0 Å². The Morgan fingerprint density at radius 1 is 1.16 bits per heavy atom. The third kappa shape index (κ3) is 5.11. The summed E-state index contributed by atoms with van der Waals surface area (Å²) in [6.07, 6.45) is 0.904. The fourth-order valence-electron chi connectivity index (χ4n) is 4.01. The number of carbonyl (C=O) groups is 1. The number of carbonyl (C=O) groups excluding carboxylic acids is 1. The van der Waals surface area contributed by atoms with E-state index in [1.54, 1.807) is 18.4 Å². The van der Waals surface area contributed by atoms with Crippen molar-refractivity contribution in [1.82, 2.24) is 9.88 Å². The predicted molar refractivity (Wildman–Crippen MR) is 132 cm³/mol. The number of anilines is 2. The van der Waals surface area contributed by atoms with Gasteiger partial charge in [0, 0.05) is 42.8 Å². The van der Waals surface area contributed by atoms with Gasteiger partial charge in [-0.05, 0) is 36.6 Å². The number of para-hydroxylation sites is 1. The molecule has 32 heavy (non-hydrogen) atoms. The summed E-state index contributed by atoms with van der Waals surface area (Å²) in [7, 11) is 1.68. The van der Waals surface area contributed by atoms with Gasteiger partial charge in [-0.3, -0.25) is 9.69 Å². The summed E-state index contributed by atoms with van der Waals surface area (Å²) in [5, 5.41) is 6.26. The molecule has 0 saturated carbocycles. The summed E-state index contributed by atoms with van der Waals surface area (Å²) < 4.78 is 5.33. The van der Waals surface area contributed by atoms with Crippen molar-refractivity contribution in [2.45, 2.75) is 20.3 Å². The fourth-order valence-corrected chi connectivity index (χ4v) is 4.89. The number of aromatic nitrogens is 1. The molecular weight excluding hydrogens is 420 g/mol. The van der Waals surface area contributed by atoms with Crippen LogP contribution in [0, 0.1) is 6.92 Å². The van der Waals surface area contributed by atoms with Crippen LogP contribution in [0.1, 0.15) is 18.1 Å². The minimum Gasteiger partial charge on any atom is -0.497 e. The molecule has 0 bridgehead atoms. The van der Waals surface area contributed by atoms with Gasteiger partial charge in [0.2, 0.25) is 5.91 Å². The number of hydrogen-bond donors (Lipinski definition) is 1. The Kier molecular flexibility index (Phi) is 7.07. The molecule has 7 heteroatoms. The first-order valence-corrected chi connectivity index (χ1v) is 11.9. The Hall–Kier alpha value is -2.90. The maximum absolute atomic E-state index is 12.7. The van der Waals surface area contributed by atoms with Crippen LogP contribution in [0.4, 0.5) is 10.8 Å². The van der Waals surface area contributed by atoms with Crippen molar-refractivity contribution in [2.24, 2.45) is 0 Å². The molecule has 168 valence electrons. The highest BCUT2D eigenvalue weighted by Gasteiger charge is 2.22. The molecule has 1 N–H and O–H groups in total. The summed E-state index contributed by atoms with van der Waals surface area (Å²) in [5.74, 6) is 0.887. The zero-order valence-corrected chi connectivity index (χ0v) is 19.7. The number of nitrogens with one attached hydrogen (secondary N) is 1. The van der Waals surface area contributed by atoms with Gasteiger partial charge in [-0.25, -0.2) is 4.98 Å². The second-order valence-corrected chi connectivity index (χ2v) is 8.86. The van der Waals surface area contributed by atoms with Crippen LogP contribution < -0.4 is 15.0 Å². The zero-order chi connectivity index (χ0) is 22.5. The lowest BCUT2D eigenvalue weighted by Gasteiger charge is -2.34. The van der Waals surface area contributed by atoms with E-state index >= 15 is 0 Å². The van der Waals surface area contributed by atoms with Gasteiger partial charge in [0.15, 0.2) is 5.13 Å². The summed E-state index contributed by atoms with van der Waals surface area (Å²) in [6.45, 7) is 7.99. The van der Waals surface area contributed by atoms with Gasteiger partial charge in [-0.2, -0.15) is 0 Å². The van der Waals surface area contributed by atoms with Crippen LogP contribution in [0.2, 0.25) is 0 Å². The number of benzene rings is 2. The van der Waals surface area contributed by atoms with Crippen molar-refractivity contribution >= 4 is 28.1 Å². The van der Waals surface area contributed by atoms with Crippen LogP contribution in [0.15, 0.2) is 47.8 Å². The number of thiazole rings is 1. The summed E-state index contributed by atoms with van der Waals surface area (Å²) in [5.41, 5.74) is 5.28. The van der Waals surface area contributed by atoms with E-state index in [4.69, 9.17) is 9.72 Å². The molecular formula is C25H30N4O2S. The topological polar surface area (TPSA) is 57.7 Å². The zero-order valence-electron chi connectivity index (χ0n) is 18.9. The Morgan fingerprint density at radius 2 is 1.94 bits per heavy atom. The molecule has 4 rings (SSSR count). The molecule has 2 aromatic carbocycles. The largest absolute Gasteiger partial charge is 0.497 e. The number of aryl methyl sites for hydroxylation is 2. The Labute approximate surface area is 193 Å². The highest BCUT2D eigenvalue weighted by Crippen LogP contribution is 2.30. The van der Waals surface area contributed by atoms with Crippen molar-refractivity contribution in [1.29, 1.82) is 0 Å². The maximum atomic E-state index is 12.7. The smallest absolute Gasteiger partial charge is 0.238 e. The van der Waals surface area contributed by atoms with Gasteiger partial charge in [-0.15, -0.1) is 11.3 Å². The molecule has 1 aliphatic heterocycles. The first-order chi connectivity index (χ1) is 15.6. The summed E-state index contributed by atoms with van der Waals surface area (Å²) in [6, 6.07) is 14.1. The van der Waals surface area contributed by atoms with E-state index in [0.717, 1.165) is 66.0 Å². The fraction of sp³-hybridized carbons (Fsp3) is 0.360. The van der Waals surface area contributed by atoms with Gasteiger partial charge in [-0.1, -0.05) is 37.3 Å². The average Bonchev–Trinajstić information content (AvgIpc) is 3.31. The van der Waals surface area contributed by atoms with Crippen LogP contribution in [-0.2, 0) is 11.2 Å². The SMILES string of the molecule is CCc1cccc(C)c1NC(=O)CN1CCN(c2nc(-c3cccc(OC)c3)cs2)CC1. The van der Waals surface area contributed by atoms with E-state index in [2.05, 4.69) is 39.6 Å². The lowest BCUT2D eigenvalue weighted by Crippen LogP contribution is -2.48. The number of ether oxygens (including phenoxy) is 1. The number of hydrogen-bond acceptors (Lipinski definition) is 6. The molecule has 3 aromatic rings. The number of rotatable bonds is 7. The highest BCUT2D eigenvalue weighted by atomic mass is 32.1. The number of amides is 1. The lowest BCUT2D eigenvalue weighted by molar-refractivity contribution is -0.117. The van der Waals surface area contributed by atoms with Crippen molar-refractivity contribution in [2.75, 3.05) is 50.1 Å². The van der Waals surface area contributed by atoms with E-state index in [1.165, 1.54) is 5.56 Å². The van der Waals surface area contributed by atoms with E-state index in [0.29, 0.717) is 6.54 Å². The van der Waals surface area contributed by atoms with Crippen LogP contribution in [0.25, 0.3) is 11.3 Å². The Balaban J connectivity index is 1.32. The van der Waals surface area contributed by atoms with E-state index in [-0.39, 0.29) is 5.91 Å². The van der Waals surface area contributed by atoms with Gasteiger partial charge >= 0.3 is 0 Å². The van der Waals surface area contributed by atoms with E-state index in [1.807, 2.05) is 37.3 Å². The normalized spacial score (nSPS) is 14.4. The minimum atomic E-state index is 0.0528. The number of piperazine rings is 1. The molecule has 1 aromatic heterocycles. The summed E-state index contributed by atoms with van der Waals surface area (Å²) in [4.78, 5) is 22.0. The monoisotopic (exact) mass is 450 g/mol. The maximum Gasteiger partial charge on any atom is 0.238 e. The predicted octanol–water partition coefficient (Wildman–Crippen LogP) is 4.45. The second kappa shape index (κ2) is 10.1. The standard InChI is InChI=1S/C25H30N4O2S/c1-4-19-8-5-7-18(2)24(19)27-23(30)16-28-11-13-29(14-12-28)25-26-22(17-32-25)20-9-6-10-21(15-20)31-3/h5-10,15,17H,4,11-14,16H2,1-3H3,(H,27,30). The molecule has 0 atom stereocenters. The van der Waals surface area contributed by atoms with Crippen molar-refractivity contribution in [3.05, 3.63) is 59.0 Å². The molecule has 1 amide bonds. The van der Waals surface area contributed by atoms with E-state index in [9.17, 15) is 4.79 Å². The Morgan fingerprint density at radius 3 is 2.69 bits per heavy atom. The van der Waals surface area contributed by atoms with Gasteiger partial charge in [0.1, 0.15) is 5.75 Å². The lowest BCUT2D eigenvalue weighted by atomic mass is 10.1. The summed E-state index contributed by atoms with van der Waals surface area (Å²) >= 11 is 1.66. The molecule has 2 heterocycles. The molecule has 1 fully saturated rings. The van der Waals surface area contributed by atoms with Gasteiger partial charge < -0.3 is 15.0 Å². The van der Waals surface area contributed by atoms with Crippen LogP contribution in [-0.4, -0.2) is 55.6 Å². The van der Waals surface area contributed by atoms with Crippen LogP contribution in [0.3, 0.4) is 0 Å². The third-order valence-electron chi connectivity index (χ3n) is 5.87. The van der Waals surface area contributed by atoms with Crippen LogP contribution >= 0.6 is 11.3 Å². The molecule has 1 saturated heterocycles. The number of methoxy groups -OCH3 is 1.